The molecule has 1 aromatic heterocycles. The first-order valence-corrected chi connectivity index (χ1v) is 13.9. The van der Waals surface area contributed by atoms with Crippen LogP contribution in [0.2, 0.25) is 10.0 Å². The zero-order valence-corrected chi connectivity index (χ0v) is 24.0. The molecule has 1 atom stereocenters. The maximum Gasteiger partial charge on any atom is 0.495 e. The van der Waals surface area contributed by atoms with Gasteiger partial charge in [0.25, 0.3) is 5.91 Å². The Balaban J connectivity index is 1.35. The van der Waals surface area contributed by atoms with Crippen molar-refractivity contribution in [3.63, 3.8) is 0 Å². The number of carbonyl (C=O) groups is 3. The van der Waals surface area contributed by atoms with Crippen molar-refractivity contribution in [2.45, 2.75) is 44.5 Å². The molecule has 0 unspecified atom stereocenters. The first-order valence-electron chi connectivity index (χ1n) is 13.1. The number of nitrogens with one attached hydrogen (secondary N) is 2. The maximum atomic E-state index is 12.9. The highest BCUT2D eigenvalue weighted by molar-refractivity contribution is 6.39. The molecule has 14 heteroatoms. The summed E-state index contributed by atoms with van der Waals surface area (Å²) < 4.78 is 43.2. The molecule has 4 rings (SSSR count). The number of halogens is 5. The van der Waals surface area contributed by atoms with Gasteiger partial charge in [0.15, 0.2) is 0 Å². The second-order valence-corrected chi connectivity index (χ2v) is 10.4. The molecule has 1 aliphatic rings. The predicted molar refractivity (Wildman–Crippen MR) is 151 cm³/mol. The normalized spacial score (nSPS) is 13.3. The second kappa shape index (κ2) is 14.5. The lowest BCUT2D eigenvalue weighted by Gasteiger charge is -2.18. The van der Waals surface area contributed by atoms with Crippen molar-refractivity contribution in [3.05, 3.63) is 92.6 Å². The minimum Gasteiger partial charge on any atom is -0.376 e. The lowest BCUT2D eigenvalue weighted by Crippen LogP contribution is -2.44. The monoisotopic (exact) mass is 639 g/mol. The predicted octanol–water partition coefficient (Wildman–Crippen LogP) is 5.41. The van der Waals surface area contributed by atoms with Crippen LogP contribution in [-0.4, -0.2) is 48.2 Å². The number of fused-ring (bicyclic) bond motifs is 1. The van der Waals surface area contributed by atoms with E-state index in [1.54, 1.807) is 24.3 Å². The van der Waals surface area contributed by atoms with Gasteiger partial charge in [-0.1, -0.05) is 59.6 Å². The zero-order chi connectivity index (χ0) is 31.0. The first kappa shape index (κ1) is 32.1. The fourth-order valence-corrected chi connectivity index (χ4v) is 4.77. The van der Waals surface area contributed by atoms with Gasteiger partial charge >= 0.3 is 18.1 Å². The number of rotatable bonds is 10. The number of pyridine rings is 1. The number of hydrogen-bond acceptors (Lipinski definition) is 8. The molecule has 0 spiro atoms. The van der Waals surface area contributed by atoms with E-state index in [4.69, 9.17) is 27.9 Å². The smallest absolute Gasteiger partial charge is 0.376 e. The average Bonchev–Trinajstić information content (AvgIpc) is 2.97. The highest BCUT2D eigenvalue weighted by Gasteiger charge is 2.43. The van der Waals surface area contributed by atoms with Crippen molar-refractivity contribution < 1.29 is 42.1 Å². The van der Waals surface area contributed by atoms with Crippen molar-refractivity contribution in [3.8, 4) is 0 Å². The summed E-state index contributed by atoms with van der Waals surface area (Å²) in [7, 11) is 0. The molecule has 9 nitrogen and oxygen atoms in total. The molecule has 3 aromatic rings. The third kappa shape index (κ3) is 9.06. The van der Waals surface area contributed by atoms with Crippen LogP contribution in [0.3, 0.4) is 0 Å². The molecule has 0 aliphatic carbocycles. The van der Waals surface area contributed by atoms with E-state index in [0.29, 0.717) is 25.2 Å². The fraction of sp³-hybridized carbons (Fsp3) is 0.310. The molecule has 0 radical (unpaired) electrons. The summed E-state index contributed by atoms with van der Waals surface area (Å²) in [6.45, 7) is 1.64. The quantitative estimate of drug-likeness (QED) is 0.172. The number of anilines is 1. The molecule has 228 valence electrons. The van der Waals surface area contributed by atoms with Crippen LogP contribution >= 0.6 is 23.2 Å². The lowest BCUT2D eigenvalue weighted by atomic mass is 10.0. The van der Waals surface area contributed by atoms with Crippen LogP contribution in [0.1, 0.15) is 39.2 Å². The van der Waals surface area contributed by atoms with Gasteiger partial charge in [0.05, 0.1) is 28.8 Å². The van der Waals surface area contributed by atoms with Crippen LogP contribution < -0.4 is 10.6 Å². The van der Waals surface area contributed by atoms with Crippen LogP contribution in [0.15, 0.2) is 54.6 Å². The summed E-state index contributed by atoms with van der Waals surface area (Å²) in [5.41, 5.74) is 3.28. The van der Waals surface area contributed by atoms with Gasteiger partial charge < -0.3 is 15.4 Å². The van der Waals surface area contributed by atoms with Crippen LogP contribution in [-0.2, 0) is 50.0 Å². The van der Waals surface area contributed by atoms with Gasteiger partial charge in [-0.3, -0.25) is 4.79 Å². The summed E-state index contributed by atoms with van der Waals surface area (Å²) in [6.07, 6.45) is -2.89. The molecule has 1 amide bonds. The Morgan fingerprint density at radius 1 is 0.977 bits per heavy atom. The highest BCUT2D eigenvalue weighted by Crippen LogP contribution is 2.25. The Bertz CT molecular complexity index is 1450. The van der Waals surface area contributed by atoms with Crippen molar-refractivity contribution >= 4 is 46.9 Å². The van der Waals surface area contributed by atoms with E-state index >= 15 is 0 Å². The molecule has 0 saturated heterocycles. The molecule has 2 aromatic carbocycles. The third-order valence-electron chi connectivity index (χ3n) is 6.40. The molecular weight excluding hydrogens is 614 g/mol. The standard InChI is InChI=1S/C29H26Cl2F3N3O6/c30-21-4-1-5-22(31)24(21)26(38)37-23(27(39)42-43-28(40)29(32,33)34)15-17-6-8-18(9-7-17)16-41-14-12-20-11-10-19-3-2-13-35-25(19)36-20/h1,4-11,23H,2-3,12-16H2,(H,35,36)(H,37,38)/t23-/m0/s1. The highest BCUT2D eigenvalue weighted by atomic mass is 35.5. The van der Waals surface area contributed by atoms with Crippen molar-refractivity contribution in [2.75, 3.05) is 18.5 Å². The van der Waals surface area contributed by atoms with E-state index in [1.165, 1.54) is 23.8 Å². The Morgan fingerprint density at radius 3 is 2.37 bits per heavy atom. The van der Waals surface area contributed by atoms with Gasteiger partial charge in [0, 0.05) is 25.1 Å². The van der Waals surface area contributed by atoms with E-state index in [9.17, 15) is 27.6 Å². The molecule has 2 heterocycles. The number of ether oxygens (including phenoxy) is 1. The Morgan fingerprint density at radius 2 is 1.67 bits per heavy atom. The van der Waals surface area contributed by atoms with Gasteiger partial charge in [-0.2, -0.15) is 13.2 Å². The number of benzene rings is 2. The van der Waals surface area contributed by atoms with Crippen LogP contribution in [0.4, 0.5) is 19.0 Å². The minimum absolute atomic E-state index is 0.0240. The number of aromatic nitrogens is 1. The van der Waals surface area contributed by atoms with Crippen LogP contribution in [0, 0.1) is 0 Å². The number of carbonyl (C=O) groups excluding carboxylic acids is 3. The van der Waals surface area contributed by atoms with Gasteiger partial charge in [-0.05, 0) is 47.7 Å². The molecular formula is C29H26Cl2F3N3O6. The molecule has 0 fully saturated rings. The van der Waals surface area contributed by atoms with Gasteiger partial charge in [-0.15, -0.1) is 0 Å². The number of nitrogens with zero attached hydrogens (tertiary/aromatic N) is 1. The topological polar surface area (TPSA) is 116 Å². The Labute approximate surface area is 254 Å². The largest absolute Gasteiger partial charge is 0.495 e. The van der Waals surface area contributed by atoms with E-state index in [1.807, 2.05) is 6.07 Å². The van der Waals surface area contributed by atoms with E-state index in [-0.39, 0.29) is 22.0 Å². The number of alkyl halides is 3. The number of amides is 1. The van der Waals surface area contributed by atoms with Gasteiger partial charge in [-0.25, -0.2) is 24.3 Å². The van der Waals surface area contributed by atoms with Gasteiger partial charge in [0.2, 0.25) is 0 Å². The third-order valence-corrected chi connectivity index (χ3v) is 7.03. The SMILES string of the molecule is O=C(N[C@@H](Cc1ccc(COCCc2ccc3c(n2)NCCC3)cc1)C(=O)OOC(=O)C(F)(F)F)c1c(Cl)cccc1Cl. The summed E-state index contributed by atoms with van der Waals surface area (Å²) in [5, 5.41) is 5.58. The summed E-state index contributed by atoms with van der Waals surface area (Å²) in [6, 6.07) is 13.5. The van der Waals surface area contributed by atoms with Crippen LogP contribution in [0.25, 0.3) is 0 Å². The lowest BCUT2D eigenvalue weighted by molar-refractivity contribution is -0.286. The molecule has 0 bridgehead atoms. The molecule has 2 N–H and O–H groups in total. The first-order chi connectivity index (χ1) is 20.5. The molecule has 1 aliphatic heterocycles. The van der Waals surface area contributed by atoms with E-state index < -0.39 is 30.1 Å². The Hall–Kier alpha value is -3.87. The van der Waals surface area contributed by atoms with Crippen molar-refractivity contribution in [1.82, 2.24) is 10.3 Å². The zero-order valence-electron chi connectivity index (χ0n) is 22.5. The second-order valence-electron chi connectivity index (χ2n) is 9.56. The average molecular weight is 640 g/mol. The molecule has 43 heavy (non-hydrogen) atoms. The molecule has 0 saturated carbocycles. The summed E-state index contributed by atoms with van der Waals surface area (Å²) in [4.78, 5) is 48.8. The summed E-state index contributed by atoms with van der Waals surface area (Å²) in [5.74, 6) is -4.16. The Kier molecular flexibility index (Phi) is 10.8. The van der Waals surface area contributed by atoms with Crippen molar-refractivity contribution in [1.29, 1.82) is 0 Å². The van der Waals surface area contributed by atoms with Crippen molar-refractivity contribution in [2.24, 2.45) is 0 Å². The van der Waals surface area contributed by atoms with Gasteiger partial charge in [0.1, 0.15) is 11.9 Å². The van der Waals surface area contributed by atoms with Crippen LogP contribution in [0.5, 0.6) is 0 Å². The number of hydrogen-bond donors (Lipinski definition) is 2. The summed E-state index contributed by atoms with van der Waals surface area (Å²) >= 11 is 12.1. The minimum atomic E-state index is -5.39. The van der Waals surface area contributed by atoms with E-state index in [0.717, 1.165) is 36.5 Å². The maximum absolute atomic E-state index is 12.9. The number of aryl methyl sites for hydroxylation is 1. The van der Waals surface area contributed by atoms with E-state index in [2.05, 4.69) is 31.5 Å². The fourth-order valence-electron chi connectivity index (χ4n) is 4.20.